The summed E-state index contributed by atoms with van der Waals surface area (Å²) in [5.74, 6) is 0.653. The summed E-state index contributed by atoms with van der Waals surface area (Å²) in [6.07, 6.45) is 3.52. The summed E-state index contributed by atoms with van der Waals surface area (Å²) in [7, 11) is 1.79. The molecule has 1 saturated heterocycles. The van der Waals surface area contributed by atoms with Crippen LogP contribution in [0.1, 0.15) is 23.9 Å². The molecule has 1 N–H and O–H groups in total. The van der Waals surface area contributed by atoms with E-state index in [2.05, 4.69) is 10.3 Å². The van der Waals surface area contributed by atoms with Crippen molar-refractivity contribution >= 4 is 22.9 Å². The number of thioether (sulfide) groups is 1. The van der Waals surface area contributed by atoms with Crippen LogP contribution in [0.5, 0.6) is 0 Å². The molecule has 3 rings (SSSR count). The number of hydrogen-bond donors (Lipinski definition) is 1. The predicted octanol–water partition coefficient (Wildman–Crippen LogP) is 2.32. The largest absolute Gasteiger partial charge is 0.342 e. The maximum Gasteiger partial charge on any atom is 0.281 e. The zero-order valence-electron chi connectivity index (χ0n) is 13.8. The van der Waals surface area contributed by atoms with Crippen LogP contribution in [-0.2, 0) is 11.8 Å². The van der Waals surface area contributed by atoms with Gasteiger partial charge in [0.1, 0.15) is 17.7 Å². The fourth-order valence-corrected chi connectivity index (χ4v) is 3.60. The van der Waals surface area contributed by atoms with E-state index in [0.29, 0.717) is 24.5 Å². The number of aromatic nitrogens is 2. The Kier molecular flexibility index (Phi) is 5.37. The first kappa shape index (κ1) is 17.5. The van der Waals surface area contributed by atoms with Gasteiger partial charge < -0.3 is 14.8 Å². The van der Waals surface area contributed by atoms with Crippen molar-refractivity contribution in [2.24, 2.45) is 7.05 Å². The summed E-state index contributed by atoms with van der Waals surface area (Å²) in [5.41, 5.74) is 0.359. The van der Waals surface area contributed by atoms with E-state index < -0.39 is 11.9 Å². The van der Waals surface area contributed by atoms with Crippen LogP contribution in [0.2, 0.25) is 0 Å². The molecule has 0 unspecified atom stereocenters. The van der Waals surface area contributed by atoms with Gasteiger partial charge >= 0.3 is 0 Å². The minimum atomic E-state index is -0.683. The lowest BCUT2D eigenvalue weighted by Crippen LogP contribution is -2.34. The average Bonchev–Trinajstić information content (AvgIpc) is 3.20. The van der Waals surface area contributed by atoms with Crippen molar-refractivity contribution in [3.8, 4) is 0 Å². The van der Waals surface area contributed by atoms with Crippen LogP contribution >= 0.6 is 11.8 Å². The Labute approximate surface area is 149 Å². The van der Waals surface area contributed by atoms with Crippen LogP contribution in [-0.4, -0.2) is 44.4 Å². The maximum atomic E-state index is 14.3. The Morgan fingerprint density at radius 1 is 1.44 bits per heavy atom. The van der Waals surface area contributed by atoms with E-state index >= 15 is 0 Å². The molecule has 1 aliphatic rings. The van der Waals surface area contributed by atoms with Gasteiger partial charge in [-0.2, -0.15) is 0 Å². The number of nitrogens with zero attached hydrogens (tertiary/aromatic N) is 3. The summed E-state index contributed by atoms with van der Waals surface area (Å²) in [6.45, 7) is 1.02. The van der Waals surface area contributed by atoms with Gasteiger partial charge in [0, 0.05) is 50.3 Å². The van der Waals surface area contributed by atoms with E-state index in [1.807, 2.05) is 0 Å². The number of benzene rings is 1. The van der Waals surface area contributed by atoms with Gasteiger partial charge in [0.25, 0.3) is 5.24 Å². The van der Waals surface area contributed by atoms with Crippen LogP contribution in [0.4, 0.5) is 9.18 Å². The maximum absolute atomic E-state index is 14.3. The van der Waals surface area contributed by atoms with Crippen molar-refractivity contribution in [1.29, 1.82) is 0 Å². The second-order valence-corrected chi connectivity index (χ2v) is 6.82. The number of rotatable bonds is 6. The number of imidazole rings is 1. The number of halogens is 1. The zero-order chi connectivity index (χ0) is 17.8. The number of carbonyl (C=O) groups is 2. The van der Waals surface area contributed by atoms with Gasteiger partial charge in [-0.3, -0.25) is 9.59 Å². The highest BCUT2D eigenvalue weighted by molar-refractivity contribution is 8.13. The van der Waals surface area contributed by atoms with E-state index in [-0.39, 0.29) is 17.6 Å². The molecular formula is C17H19FN4O2S. The zero-order valence-corrected chi connectivity index (χ0v) is 14.6. The lowest BCUT2D eigenvalue weighted by Gasteiger charge is -2.21. The quantitative estimate of drug-likeness (QED) is 0.856. The molecular weight excluding hydrogens is 343 g/mol. The van der Waals surface area contributed by atoms with Gasteiger partial charge in [0.15, 0.2) is 0 Å². The molecule has 0 saturated carbocycles. The van der Waals surface area contributed by atoms with Crippen LogP contribution in [0.25, 0.3) is 0 Å². The number of aryl methyl sites for hydroxylation is 1. The molecule has 1 atom stereocenters. The molecule has 6 nitrogen and oxygen atoms in total. The molecule has 0 bridgehead atoms. The molecule has 132 valence electrons. The normalized spacial score (nSPS) is 15.4. The highest BCUT2D eigenvalue weighted by Crippen LogP contribution is 2.23. The van der Waals surface area contributed by atoms with Crippen LogP contribution in [0.3, 0.4) is 0 Å². The smallest absolute Gasteiger partial charge is 0.281 e. The third-order valence-electron chi connectivity index (χ3n) is 4.09. The second-order valence-electron chi connectivity index (χ2n) is 5.77. The molecule has 2 heterocycles. The monoisotopic (exact) mass is 362 g/mol. The molecule has 2 amide bonds. The fourth-order valence-electron chi connectivity index (χ4n) is 2.74. The Balaban J connectivity index is 1.74. The lowest BCUT2D eigenvalue weighted by molar-refractivity contribution is -0.121. The van der Waals surface area contributed by atoms with Gasteiger partial charge in [-0.1, -0.05) is 30.0 Å². The molecule has 8 heteroatoms. The van der Waals surface area contributed by atoms with Gasteiger partial charge in [-0.05, 0) is 6.07 Å². The predicted molar refractivity (Wildman–Crippen MR) is 93.6 cm³/mol. The Hall–Kier alpha value is -2.35. The SMILES string of the molecule is Cn1ccnc1[C@H](NC(=O)CCN1CCSC1=O)c1ccccc1F. The molecule has 1 aliphatic heterocycles. The summed E-state index contributed by atoms with van der Waals surface area (Å²) in [6, 6.07) is 5.64. The van der Waals surface area contributed by atoms with E-state index in [9.17, 15) is 14.0 Å². The van der Waals surface area contributed by atoms with Crippen molar-refractivity contribution in [2.75, 3.05) is 18.8 Å². The lowest BCUT2D eigenvalue weighted by atomic mass is 10.1. The minimum Gasteiger partial charge on any atom is -0.342 e. The molecule has 0 radical (unpaired) electrons. The topological polar surface area (TPSA) is 67.2 Å². The Morgan fingerprint density at radius 2 is 2.24 bits per heavy atom. The Bertz CT molecular complexity index is 780. The van der Waals surface area contributed by atoms with Crippen LogP contribution < -0.4 is 5.32 Å². The van der Waals surface area contributed by atoms with E-state index in [4.69, 9.17) is 0 Å². The number of amides is 2. The molecule has 0 spiro atoms. The summed E-state index contributed by atoms with van der Waals surface area (Å²) < 4.78 is 16.0. The molecule has 25 heavy (non-hydrogen) atoms. The van der Waals surface area contributed by atoms with Crippen molar-refractivity contribution in [1.82, 2.24) is 19.8 Å². The molecule has 1 fully saturated rings. The molecule has 1 aromatic carbocycles. The molecule has 2 aromatic rings. The average molecular weight is 362 g/mol. The third-order valence-corrected chi connectivity index (χ3v) is 4.98. The standard InChI is InChI=1S/C17H19FN4O2S/c1-21-9-7-19-16(21)15(12-4-2-3-5-13(12)18)20-14(23)6-8-22-10-11-25-17(22)24/h2-5,7,9,15H,6,8,10-11H2,1H3,(H,20,23)/t15-/m1/s1. The summed E-state index contributed by atoms with van der Waals surface area (Å²) in [5, 5.41) is 2.85. The highest BCUT2D eigenvalue weighted by Gasteiger charge is 2.25. The molecule has 0 aliphatic carbocycles. The number of nitrogens with one attached hydrogen (secondary N) is 1. The van der Waals surface area contributed by atoms with E-state index in [1.165, 1.54) is 17.8 Å². The second kappa shape index (κ2) is 7.69. The van der Waals surface area contributed by atoms with Gasteiger partial charge in [-0.15, -0.1) is 0 Å². The Morgan fingerprint density at radius 3 is 2.88 bits per heavy atom. The van der Waals surface area contributed by atoms with Crippen LogP contribution in [0.15, 0.2) is 36.7 Å². The van der Waals surface area contributed by atoms with Gasteiger partial charge in [0.2, 0.25) is 5.91 Å². The number of carbonyl (C=O) groups excluding carboxylic acids is 2. The fraction of sp³-hybridized carbons (Fsp3) is 0.353. The van der Waals surface area contributed by atoms with Gasteiger partial charge in [-0.25, -0.2) is 9.37 Å². The summed E-state index contributed by atoms with van der Waals surface area (Å²) in [4.78, 5) is 29.9. The van der Waals surface area contributed by atoms with Gasteiger partial charge in [0.05, 0.1) is 0 Å². The first-order chi connectivity index (χ1) is 12.1. The minimum absolute atomic E-state index is 0.00237. The van der Waals surface area contributed by atoms with Crippen molar-refractivity contribution in [3.63, 3.8) is 0 Å². The third kappa shape index (κ3) is 4.01. The number of hydrogen-bond acceptors (Lipinski definition) is 4. The first-order valence-corrected chi connectivity index (χ1v) is 8.97. The first-order valence-electron chi connectivity index (χ1n) is 7.99. The van der Waals surface area contributed by atoms with E-state index in [1.54, 1.807) is 47.1 Å². The van der Waals surface area contributed by atoms with Crippen LogP contribution in [0, 0.1) is 5.82 Å². The highest BCUT2D eigenvalue weighted by atomic mass is 32.2. The van der Waals surface area contributed by atoms with Crippen molar-refractivity contribution in [2.45, 2.75) is 12.5 Å². The van der Waals surface area contributed by atoms with E-state index in [0.717, 1.165) is 5.75 Å². The molecule has 1 aromatic heterocycles. The van der Waals surface area contributed by atoms with Crippen molar-refractivity contribution < 1.29 is 14.0 Å². The summed E-state index contributed by atoms with van der Waals surface area (Å²) >= 11 is 1.26. The van der Waals surface area contributed by atoms with Crippen molar-refractivity contribution in [3.05, 3.63) is 53.9 Å².